The van der Waals surface area contributed by atoms with Crippen LogP contribution in [0.1, 0.15) is 49.7 Å². The van der Waals surface area contributed by atoms with E-state index >= 15 is 0 Å². The summed E-state index contributed by atoms with van der Waals surface area (Å²) in [6.45, 7) is 8.05. The summed E-state index contributed by atoms with van der Waals surface area (Å²) < 4.78 is 0. The first-order valence-corrected chi connectivity index (χ1v) is 8.30. The SMILES string of the molecule is CCN(CCNC1CC(c2ccc(C)cc2)C1)C1CC1. The van der Waals surface area contributed by atoms with Crippen LogP contribution < -0.4 is 5.32 Å². The zero-order valence-electron chi connectivity index (χ0n) is 12.9. The average molecular weight is 272 g/mol. The Kier molecular flexibility index (Phi) is 4.42. The second-order valence-electron chi connectivity index (χ2n) is 6.59. The van der Waals surface area contributed by atoms with Crippen LogP contribution in [0.4, 0.5) is 0 Å². The Morgan fingerprint density at radius 3 is 2.45 bits per heavy atom. The number of hydrogen-bond donors (Lipinski definition) is 1. The maximum absolute atomic E-state index is 3.74. The molecule has 0 unspecified atom stereocenters. The largest absolute Gasteiger partial charge is 0.313 e. The van der Waals surface area contributed by atoms with Crippen molar-refractivity contribution in [2.24, 2.45) is 0 Å². The Balaban J connectivity index is 1.35. The molecule has 2 heteroatoms. The first kappa shape index (κ1) is 14.1. The first-order chi connectivity index (χ1) is 9.76. The van der Waals surface area contributed by atoms with Crippen molar-refractivity contribution < 1.29 is 0 Å². The number of aryl methyl sites for hydroxylation is 1. The van der Waals surface area contributed by atoms with E-state index in [4.69, 9.17) is 0 Å². The molecule has 2 fully saturated rings. The highest BCUT2D eigenvalue weighted by atomic mass is 15.2. The highest BCUT2D eigenvalue weighted by Crippen LogP contribution is 2.36. The first-order valence-electron chi connectivity index (χ1n) is 8.30. The molecule has 1 aromatic rings. The normalized spacial score (nSPS) is 25.8. The van der Waals surface area contributed by atoms with Gasteiger partial charge in [0.05, 0.1) is 0 Å². The molecule has 1 N–H and O–H groups in total. The van der Waals surface area contributed by atoms with E-state index in [1.54, 1.807) is 0 Å². The van der Waals surface area contributed by atoms with Crippen molar-refractivity contribution in [3.63, 3.8) is 0 Å². The van der Waals surface area contributed by atoms with E-state index in [1.165, 1.54) is 49.9 Å². The van der Waals surface area contributed by atoms with Gasteiger partial charge in [0.25, 0.3) is 0 Å². The molecule has 0 saturated heterocycles. The van der Waals surface area contributed by atoms with Crippen molar-refractivity contribution in [1.29, 1.82) is 0 Å². The van der Waals surface area contributed by atoms with Gasteiger partial charge in [-0.3, -0.25) is 4.90 Å². The van der Waals surface area contributed by atoms with Gasteiger partial charge in [0.15, 0.2) is 0 Å². The van der Waals surface area contributed by atoms with Crippen LogP contribution in [0.3, 0.4) is 0 Å². The second-order valence-corrected chi connectivity index (χ2v) is 6.59. The third-order valence-corrected chi connectivity index (χ3v) is 4.99. The van der Waals surface area contributed by atoms with Crippen LogP contribution in [0.5, 0.6) is 0 Å². The Bertz CT molecular complexity index is 416. The molecule has 2 aliphatic carbocycles. The van der Waals surface area contributed by atoms with Gasteiger partial charge in [-0.2, -0.15) is 0 Å². The van der Waals surface area contributed by atoms with Gasteiger partial charge in [-0.25, -0.2) is 0 Å². The molecule has 3 rings (SSSR count). The molecule has 0 aliphatic heterocycles. The fraction of sp³-hybridized carbons (Fsp3) is 0.667. The summed E-state index contributed by atoms with van der Waals surface area (Å²) in [5.41, 5.74) is 2.89. The van der Waals surface area contributed by atoms with Crippen LogP contribution in [0, 0.1) is 6.92 Å². The molecule has 2 nitrogen and oxygen atoms in total. The van der Waals surface area contributed by atoms with Crippen LogP contribution in [0.25, 0.3) is 0 Å². The van der Waals surface area contributed by atoms with Gasteiger partial charge in [-0.1, -0.05) is 36.8 Å². The topological polar surface area (TPSA) is 15.3 Å². The molecule has 0 amide bonds. The molecular weight excluding hydrogens is 244 g/mol. The van der Waals surface area contributed by atoms with Crippen molar-refractivity contribution in [3.05, 3.63) is 35.4 Å². The number of hydrogen-bond acceptors (Lipinski definition) is 2. The number of likely N-dealkylation sites (N-methyl/N-ethyl adjacent to an activating group) is 1. The molecule has 2 saturated carbocycles. The Morgan fingerprint density at radius 1 is 1.15 bits per heavy atom. The predicted molar refractivity (Wildman–Crippen MR) is 85.2 cm³/mol. The fourth-order valence-corrected chi connectivity index (χ4v) is 3.35. The fourth-order valence-electron chi connectivity index (χ4n) is 3.35. The summed E-state index contributed by atoms with van der Waals surface area (Å²) >= 11 is 0. The lowest BCUT2D eigenvalue weighted by molar-refractivity contribution is 0.244. The van der Waals surface area contributed by atoms with E-state index in [2.05, 4.69) is 48.3 Å². The minimum absolute atomic E-state index is 0.749. The third-order valence-electron chi connectivity index (χ3n) is 4.99. The molecule has 0 heterocycles. The van der Waals surface area contributed by atoms with Gasteiger partial charge in [0, 0.05) is 25.2 Å². The van der Waals surface area contributed by atoms with Crippen LogP contribution >= 0.6 is 0 Å². The summed E-state index contributed by atoms with van der Waals surface area (Å²) in [7, 11) is 0. The maximum atomic E-state index is 3.74. The zero-order valence-corrected chi connectivity index (χ0v) is 12.9. The third kappa shape index (κ3) is 3.42. The Morgan fingerprint density at radius 2 is 1.85 bits per heavy atom. The van der Waals surface area contributed by atoms with E-state index in [-0.39, 0.29) is 0 Å². The van der Waals surface area contributed by atoms with Gasteiger partial charge >= 0.3 is 0 Å². The van der Waals surface area contributed by atoms with Crippen molar-refractivity contribution in [3.8, 4) is 0 Å². The van der Waals surface area contributed by atoms with E-state index < -0.39 is 0 Å². The number of rotatable bonds is 7. The minimum atomic E-state index is 0.749. The minimum Gasteiger partial charge on any atom is -0.313 e. The molecule has 2 aliphatic rings. The van der Waals surface area contributed by atoms with E-state index in [0.29, 0.717) is 0 Å². The van der Waals surface area contributed by atoms with Gasteiger partial charge in [-0.15, -0.1) is 0 Å². The van der Waals surface area contributed by atoms with Crippen molar-refractivity contribution in [2.45, 2.75) is 57.5 Å². The van der Waals surface area contributed by atoms with Crippen molar-refractivity contribution >= 4 is 0 Å². The number of benzene rings is 1. The summed E-state index contributed by atoms with van der Waals surface area (Å²) in [5, 5.41) is 3.74. The van der Waals surface area contributed by atoms with Crippen LogP contribution in [-0.4, -0.2) is 36.6 Å². The summed E-state index contributed by atoms with van der Waals surface area (Å²) in [6, 6.07) is 10.8. The highest BCUT2D eigenvalue weighted by Gasteiger charge is 2.31. The Hall–Kier alpha value is -0.860. The molecule has 1 aromatic carbocycles. The lowest BCUT2D eigenvalue weighted by Gasteiger charge is -2.37. The van der Waals surface area contributed by atoms with Crippen molar-refractivity contribution in [2.75, 3.05) is 19.6 Å². The van der Waals surface area contributed by atoms with Gasteiger partial charge in [0.1, 0.15) is 0 Å². The number of nitrogens with zero attached hydrogens (tertiary/aromatic N) is 1. The predicted octanol–water partition coefficient (Wildman–Crippen LogP) is 3.31. The molecule has 0 radical (unpaired) electrons. The summed E-state index contributed by atoms with van der Waals surface area (Å²) in [6.07, 6.45) is 5.48. The van der Waals surface area contributed by atoms with E-state index in [9.17, 15) is 0 Å². The van der Waals surface area contributed by atoms with Crippen molar-refractivity contribution in [1.82, 2.24) is 10.2 Å². The average Bonchev–Trinajstić information content (AvgIpc) is 3.23. The van der Waals surface area contributed by atoms with Gasteiger partial charge in [0.2, 0.25) is 0 Å². The lowest BCUT2D eigenvalue weighted by Crippen LogP contribution is -2.43. The zero-order chi connectivity index (χ0) is 13.9. The van der Waals surface area contributed by atoms with E-state index in [1.807, 2.05) is 0 Å². The molecule has 110 valence electrons. The summed E-state index contributed by atoms with van der Waals surface area (Å²) in [5.74, 6) is 0.791. The standard InChI is InChI=1S/C18H28N2/c1-3-20(18-8-9-18)11-10-19-17-12-16(13-17)15-6-4-14(2)5-7-15/h4-7,16-19H,3,8-13H2,1-2H3. The highest BCUT2D eigenvalue weighted by molar-refractivity contribution is 5.26. The van der Waals surface area contributed by atoms with Crippen LogP contribution in [-0.2, 0) is 0 Å². The van der Waals surface area contributed by atoms with Gasteiger partial charge < -0.3 is 5.32 Å². The van der Waals surface area contributed by atoms with E-state index in [0.717, 1.165) is 24.5 Å². The molecule has 0 aromatic heterocycles. The quantitative estimate of drug-likeness (QED) is 0.819. The molecule has 0 bridgehead atoms. The molecule has 0 atom stereocenters. The Labute approximate surface area is 123 Å². The monoisotopic (exact) mass is 272 g/mol. The maximum Gasteiger partial charge on any atom is 0.0110 e. The molecule has 0 spiro atoms. The summed E-state index contributed by atoms with van der Waals surface area (Å²) in [4.78, 5) is 2.63. The smallest absolute Gasteiger partial charge is 0.0110 e. The van der Waals surface area contributed by atoms with Gasteiger partial charge in [-0.05, 0) is 50.6 Å². The lowest BCUT2D eigenvalue weighted by atomic mass is 9.76. The number of nitrogens with one attached hydrogen (secondary N) is 1. The molecule has 20 heavy (non-hydrogen) atoms. The second kappa shape index (κ2) is 6.28. The molecular formula is C18H28N2. The van der Waals surface area contributed by atoms with Crippen LogP contribution in [0.2, 0.25) is 0 Å². The van der Waals surface area contributed by atoms with Crippen LogP contribution in [0.15, 0.2) is 24.3 Å².